The fourth-order valence-electron chi connectivity index (χ4n) is 1.32. The summed E-state index contributed by atoms with van der Waals surface area (Å²) in [6, 6.07) is 4.72. The van der Waals surface area contributed by atoms with E-state index in [2.05, 4.69) is 5.32 Å². The van der Waals surface area contributed by atoms with E-state index in [1.54, 1.807) is 12.1 Å². The van der Waals surface area contributed by atoms with Gasteiger partial charge in [0, 0.05) is 11.4 Å². The lowest BCUT2D eigenvalue weighted by Gasteiger charge is -2.08. The number of unbranched alkanes of at least 4 members (excludes halogenated alkanes) is 1. The van der Waals surface area contributed by atoms with Crippen molar-refractivity contribution < 1.29 is 14.3 Å². The predicted octanol–water partition coefficient (Wildman–Crippen LogP) is 3.67. The molecule has 4 nitrogen and oxygen atoms in total. The molecule has 1 amide bonds. The molecule has 0 aromatic heterocycles. The van der Waals surface area contributed by atoms with Crippen molar-refractivity contribution in [1.29, 1.82) is 0 Å². The van der Waals surface area contributed by atoms with Gasteiger partial charge in [-0.05, 0) is 24.6 Å². The maximum Gasteiger partial charge on any atom is 0.306 e. The van der Waals surface area contributed by atoms with Gasteiger partial charge in [0.25, 0.3) is 5.91 Å². The van der Waals surface area contributed by atoms with Crippen LogP contribution in [0.1, 0.15) is 26.2 Å². The van der Waals surface area contributed by atoms with Crippen LogP contribution in [0, 0.1) is 0 Å². The second kappa shape index (κ2) is 8.02. The molecule has 0 aliphatic heterocycles. The molecule has 104 valence electrons. The number of nitrogens with one attached hydrogen (secondary N) is 1. The van der Waals surface area contributed by atoms with E-state index in [1.807, 2.05) is 6.92 Å². The Morgan fingerprint density at radius 1 is 1.32 bits per heavy atom. The van der Waals surface area contributed by atoms with E-state index in [9.17, 15) is 9.59 Å². The van der Waals surface area contributed by atoms with E-state index in [1.165, 1.54) is 6.07 Å². The Hall–Kier alpha value is -1.26. The molecule has 1 aromatic rings. The van der Waals surface area contributed by atoms with Gasteiger partial charge in [0.15, 0.2) is 6.61 Å². The van der Waals surface area contributed by atoms with E-state index in [4.69, 9.17) is 27.9 Å². The highest BCUT2D eigenvalue weighted by Gasteiger charge is 2.09. The number of hydrogen-bond donors (Lipinski definition) is 1. The van der Waals surface area contributed by atoms with E-state index in [0.717, 1.165) is 12.8 Å². The minimum atomic E-state index is -0.450. The lowest BCUT2D eigenvalue weighted by atomic mass is 10.2. The molecule has 0 atom stereocenters. The summed E-state index contributed by atoms with van der Waals surface area (Å²) in [7, 11) is 0. The molecule has 0 spiro atoms. The van der Waals surface area contributed by atoms with Crippen LogP contribution in [0.4, 0.5) is 5.69 Å². The topological polar surface area (TPSA) is 55.4 Å². The molecular formula is C13H15Cl2NO3. The number of anilines is 1. The molecule has 0 bridgehead atoms. The van der Waals surface area contributed by atoms with Crippen molar-refractivity contribution in [2.75, 3.05) is 11.9 Å². The van der Waals surface area contributed by atoms with Crippen LogP contribution >= 0.6 is 23.2 Å². The van der Waals surface area contributed by atoms with Crippen LogP contribution in [0.25, 0.3) is 0 Å². The number of halogens is 2. The zero-order chi connectivity index (χ0) is 14.3. The van der Waals surface area contributed by atoms with Crippen molar-refractivity contribution in [1.82, 2.24) is 0 Å². The Kier molecular flexibility index (Phi) is 6.67. The molecule has 0 radical (unpaired) electrons. The van der Waals surface area contributed by atoms with Gasteiger partial charge in [-0.3, -0.25) is 9.59 Å². The van der Waals surface area contributed by atoms with Crippen LogP contribution in [-0.4, -0.2) is 18.5 Å². The third-order valence-electron chi connectivity index (χ3n) is 2.30. The molecule has 0 saturated carbocycles. The van der Waals surface area contributed by atoms with Gasteiger partial charge in [0.1, 0.15) is 0 Å². The van der Waals surface area contributed by atoms with E-state index < -0.39 is 5.91 Å². The SMILES string of the molecule is CCCCC(=O)OCC(=O)Nc1cc(Cl)ccc1Cl. The van der Waals surface area contributed by atoms with Crippen molar-refractivity contribution in [2.24, 2.45) is 0 Å². The monoisotopic (exact) mass is 303 g/mol. The lowest BCUT2D eigenvalue weighted by Crippen LogP contribution is -2.20. The predicted molar refractivity (Wildman–Crippen MR) is 75.6 cm³/mol. The molecule has 1 N–H and O–H groups in total. The number of carbonyl (C=O) groups is 2. The first-order valence-corrected chi connectivity index (χ1v) is 6.69. The van der Waals surface area contributed by atoms with Crippen molar-refractivity contribution in [3.8, 4) is 0 Å². The van der Waals surface area contributed by atoms with Crippen LogP contribution in [0.3, 0.4) is 0 Å². The smallest absolute Gasteiger partial charge is 0.306 e. The first-order valence-electron chi connectivity index (χ1n) is 5.93. The summed E-state index contributed by atoms with van der Waals surface area (Å²) in [5.41, 5.74) is 0.392. The van der Waals surface area contributed by atoms with E-state index in [0.29, 0.717) is 22.2 Å². The van der Waals surface area contributed by atoms with Crippen LogP contribution in [-0.2, 0) is 14.3 Å². The molecule has 0 fully saturated rings. The summed E-state index contributed by atoms with van der Waals surface area (Å²) in [6.07, 6.45) is 1.97. The number of rotatable bonds is 6. The zero-order valence-electron chi connectivity index (χ0n) is 10.5. The standard InChI is InChI=1S/C13H15Cl2NO3/c1-2-3-4-13(18)19-8-12(17)16-11-7-9(14)5-6-10(11)15/h5-7H,2-4,8H2,1H3,(H,16,17). The average molecular weight is 304 g/mol. The summed E-state index contributed by atoms with van der Waals surface area (Å²) >= 11 is 11.7. The minimum Gasteiger partial charge on any atom is -0.456 e. The van der Waals surface area contributed by atoms with Crippen molar-refractivity contribution in [3.05, 3.63) is 28.2 Å². The highest BCUT2D eigenvalue weighted by Crippen LogP contribution is 2.25. The van der Waals surface area contributed by atoms with Gasteiger partial charge < -0.3 is 10.1 Å². The van der Waals surface area contributed by atoms with Crippen LogP contribution in [0.5, 0.6) is 0 Å². The Bertz CT molecular complexity index is 463. The number of benzene rings is 1. The zero-order valence-corrected chi connectivity index (χ0v) is 12.1. The summed E-state index contributed by atoms with van der Waals surface area (Å²) in [4.78, 5) is 22.8. The average Bonchev–Trinajstić information content (AvgIpc) is 2.38. The number of carbonyl (C=O) groups excluding carboxylic acids is 2. The molecule has 19 heavy (non-hydrogen) atoms. The molecule has 0 aliphatic carbocycles. The first-order chi connectivity index (χ1) is 9.02. The number of amides is 1. The van der Waals surface area contributed by atoms with Gasteiger partial charge in [0.2, 0.25) is 0 Å². The maximum atomic E-state index is 11.6. The number of esters is 1. The van der Waals surface area contributed by atoms with Gasteiger partial charge >= 0.3 is 5.97 Å². The highest BCUT2D eigenvalue weighted by molar-refractivity contribution is 6.35. The Balaban J connectivity index is 2.43. The fraction of sp³-hybridized carbons (Fsp3) is 0.385. The molecule has 0 aliphatic rings. The fourth-order valence-corrected chi connectivity index (χ4v) is 1.66. The molecule has 1 aromatic carbocycles. The summed E-state index contributed by atoms with van der Waals surface area (Å²) < 4.78 is 4.82. The third kappa shape index (κ3) is 5.94. The van der Waals surface area contributed by atoms with Gasteiger partial charge in [-0.15, -0.1) is 0 Å². The Morgan fingerprint density at radius 2 is 2.05 bits per heavy atom. The Labute approximate surface area is 122 Å². The lowest BCUT2D eigenvalue weighted by molar-refractivity contribution is -0.147. The van der Waals surface area contributed by atoms with Crippen molar-refractivity contribution in [3.63, 3.8) is 0 Å². The first kappa shape index (κ1) is 15.8. The van der Waals surface area contributed by atoms with Gasteiger partial charge in [-0.25, -0.2) is 0 Å². The van der Waals surface area contributed by atoms with Crippen molar-refractivity contribution in [2.45, 2.75) is 26.2 Å². The van der Waals surface area contributed by atoms with Crippen LogP contribution < -0.4 is 5.32 Å². The molecule has 1 rings (SSSR count). The van der Waals surface area contributed by atoms with E-state index in [-0.39, 0.29) is 12.6 Å². The molecular weight excluding hydrogens is 289 g/mol. The number of ether oxygens (including phenoxy) is 1. The van der Waals surface area contributed by atoms with Crippen LogP contribution in [0.2, 0.25) is 10.0 Å². The van der Waals surface area contributed by atoms with Gasteiger partial charge in [-0.1, -0.05) is 36.5 Å². The second-order valence-electron chi connectivity index (χ2n) is 3.94. The second-order valence-corrected chi connectivity index (χ2v) is 4.78. The minimum absolute atomic E-state index is 0.321. The summed E-state index contributed by atoms with van der Waals surface area (Å²) in [5.74, 6) is -0.830. The van der Waals surface area contributed by atoms with Gasteiger partial charge in [0.05, 0.1) is 10.7 Å². The quantitative estimate of drug-likeness (QED) is 0.816. The Morgan fingerprint density at radius 3 is 2.74 bits per heavy atom. The van der Waals surface area contributed by atoms with Crippen LogP contribution in [0.15, 0.2) is 18.2 Å². The molecule has 0 saturated heterocycles. The third-order valence-corrected chi connectivity index (χ3v) is 2.87. The number of hydrogen-bond acceptors (Lipinski definition) is 3. The van der Waals surface area contributed by atoms with E-state index >= 15 is 0 Å². The molecule has 0 heterocycles. The molecule has 6 heteroatoms. The largest absolute Gasteiger partial charge is 0.456 e. The molecule has 0 unspecified atom stereocenters. The summed E-state index contributed by atoms with van der Waals surface area (Å²) in [6.45, 7) is 1.65. The summed E-state index contributed by atoms with van der Waals surface area (Å²) in [5, 5.41) is 3.36. The maximum absolute atomic E-state index is 11.6. The highest BCUT2D eigenvalue weighted by atomic mass is 35.5. The van der Waals surface area contributed by atoms with Gasteiger partial charge in [-0.2, -0.15) is 0 Å². The normalized spacial score (nSPS) is 10.1. The van der Waals surface area contributed by atoms with Crippen molar-refractivity contribution >= 4 is 40.8 Å².